The molecule has 1 N–H and O–H groups in total. The van der Waals surface area contributed by atoms with E-state index in [0.717, 1.165) is 17.0 Å². The van der Waals surface area contributed by atoms with E-state index in [4.69, 9.17) is 0 Å². The number of para-hydroxylation sites is 1. The van der Waals surface area contributed by atoms with Crippen LogP contribution in [0, 0.1) is 0 Å². The first-order valence-electron chi connectivity index (χ1n) is 7.15. The minimum absolute atomic E-state index is 0.0697. The number of nitrogens with zero attached hydrogens (tertiary/aromatic N) is 1. The molecule has 1 aromatic rings. The van der Waals surface area contributed by atoms with Gasteiger partial charge in [0.25, 0.3) is 0 Å². The quantitative estimate of drug-likeness (QED) is 0.751. The molecule has 1 amide bonds. The molecule has 0 aliphatic carbocycles. The average Bonchev–Trinajstić information content (AvgIpc) is 2.50. The van der Waals surface area contributed by atoms with E-state index in [1.54, 1.807) is 12.1 Å². The first-order valence-corrected chi connectivity index (χ1v) is 9.00. The third kappa shape index (κ3) is 5.24. The number of carbonyl (C=O) groups excluding carboxylic acids is 2. The molecule has 0 aliphatic rings. The SMILES string of the molecule is CCC(C)NC(=O)CN(c1ccccc1C(=O)OC)S(C)(=O)=O. The number of esters is 1. The number of ether oxygens (including phenoxy) is 1. The Morgan fingerprint density at radius 3 is 2.43 bits per heavy atom. The van der Waals surface area contributed by atoms with Crippen molar-refractivity contribution in [3.05, 3.63) is 29.8 Å². The lowest BCUT2D eigenvalue weighted by Crippen LogP contribution is -2.43. The van der Waals surface area contributed by atoms with Crippen LogP contribution in [-0.4, -0.2) is 46.2 Å². The summed E-state index contributed by atoms with van der Waals surface area (Å²) in [5, 5.41) is 2.70. The summed E-state index contributed by atoms with van der Waals surface area (Å²) >= 11 is 0. The maximum Gasteiger partial charge on any atom is 0.340 e. The van der Waals surface area contributed by atoms with Crippen LogP contribution in [0.3, 0.4) is 0 Å². The molecule has 1 rings (SSSR count). The van der Waals surface area contributed by atoms with Gasteiger partial charge in [0.1, 0.15) is 6.54 Å². The van der Waals surface area contributed by atoms with Crippen LogP contribution < -0.4 is 9.62 Å². The van der Waals surface area contributed by atoms with Crippen LogP contribution in [0.15, 0.2) is 24.3 Å². The van der Waals surface area contributed by atoms with Crippen molar-refractivity contribution in [3.8, 4) is 0 Å². The van der Waals surface area contributed by atoms with Crippen molar-refractivity contribution in [1.29, 1.82) is 0 Å². The lowest BCUT2D eigenvalue weighted by Gasteiger charge is -2.24. The molecule has 0 saturated heterocycles. The summed E-state index contributed by atoms with van der Waals surface area (Å²) in [7, 11) is -2.55. The van der Waals surface area contributed by atoms with E-state index in [9.17, 15) is 18.0 Å². The van der Waals surface area contributed by atoms with Gasteiger partial charge in [0.05, 0.1) is 24.6 Å². The Bertz CT molecular complexity index is 672. The normalized spacial score (nSPS) is 12.3. The summed E-state index contributed by atoms with van der Waals surface area (Å²) in [6.07, 6.45) is 1.71. The molecule has 0 aromatic heterocycles. The molecule has 23 heavy (non-hydrogen) atoms. The lowest BCUT2D eigenvalue weighted by molar-refractivity contribution is -0.120. The van der Waals surface area contributed by atoms with E-state index in [1.165, 1.54) is 19.2 Å². The molecule has 0 spiro atoms. The number of rotatable bonds is 7. The van der Waals surface area contributed by atoms with Crippen LogP contribution in [0.25, 0.3) is 0 Å². The summed E-state index contributed by atoms with van der Waals surface area (Å²) < 4.78 is 29.7. The summed E-state index contributed by atoms with van der Waals surface area (Å²) in [6.45, 7) is 3.33. The maximum absolute atomic E-state index is 12.1. The Morgan fingerprint density at radius 2 is 1.91 bits per heavy atom. The summed E-state index contributed by atoms with van der Waals surface area (Å²) in [5.41, 5.74) is 0.193. The molecular weight excluding hydrogens is 320 g/mol. The van der Waals surface area contributed by atoms with E-state index >= 15 is 0 Å². The third-order valence-corrected chi connectivity index (χ3v) is 4.41. The number of hydrogen-bond donors (Lipinski definition) is 1. The van der Waals surface area contributed by atoms with Gasteiger partial charge in [-0.25, -0.2) is 13.2 Å². The van der Waals surface area contributed by atoms with Crippen molar-refractivity contribution in [2.24, 2.45) is 0 Å². The highest BCUT2D eigenvalue weighted by molar-refractivity contribution is 7.92. The second-order valence-electron chi connectivity index (χ2n) is 5.16. The molecule has 128 valence electrons. The van der Waals surface area contributed by atoms with Gasteiger partial charge in [0.2, 0.25) is 15.9 Å². The van der Waals surface area contributed by atoms with E-state index < -0.39 is 28.4 Å². The molecule has 7 nitrogen and oxygen atoms in total. The standard InChI is InChI=1S/C15H22N2O5S/c1-5-11(2)16-14(18)10-17(23(4,20)21)13-9-7-6-8-12(13)15(19)22-3/h6-9,11H,5,10H2,1-4H3,(H,16,18). The first-order chi connectivity index (χ1) is 10.7. The number of nitrogens with one attached hydrogen (secondary N) is 1. The highest BCUT2D eigenvalue weighted by atomic mass is 32.2. The van der Waals surface area contributed by atoms with E-state index in [0.29, 0.717) is 0 Å². The number of amides is 1. The van der Waals surface area contributed by atoms with Crippen molar-refractivity contribution in [2.75, 3.05) is 24.2 Å². The number of anilines is 1. The molecule has 1 aromatic carbocycles. The fourth-order valence-corrected chi connectivity index (χ4v) is 2.78. The largest absolute Gasteiger partial charge is 0.465 e. The number of benzene rings is 1. The molecule has 8 heteroatoms. The first kappa shape index (κ1) is 19.0. The zero-order valence-electron chi connectivity index (χ0n) is 13.7. The number of hydrogen-bond acceptors (Lipinski definition) is 5. The van der Waals surface area contributed by atoms with E-state index in [2.05, 4.69) is 10.1 Å². The van der Waals surface area contributed by atoms with Crippen LogP contribution in [0.1, 0.15) is 30.6 Å². The minimum Gasteiger partial charge on any atom is -0.465 e. The molecule has 1 unspecified atom stereocenters. The highest BCUT2D eigenvalue weighted by Gasteiger charge is 2.25. The molecule has 0 heterocycles. The second-order valence-corrected chi connectivity index (χ2v) is 7.06. The number of sulfonamides is 1. The van der Waals surface area contributed by atoms with E-state index in [-0.39, 0.29) is 17.3 Å². The van der Waals surface area contributed by atoms with Crippen molar-refractivity contribution in [3.63, 3.8) is 0 Å². The second kappa shape index (κ2) is 7.96. The van der Waals surface area contributed by atoms with Gasteiger partial charge in [-0.2, -0.15) is 0 Å². The van der Waals surface area contributed by atoms with E-state index in [1.807, 2.05) is 13.8 Å². The van der Waals surface area contributed by atoms with Crippen LogP contribution >= 0.6 is 0 Å². The van der Waals surface area contributed by atoms with Gasteiger partial charge < -0.3 is 10.1 Å². The van der Waals surface area contributed by atoms with Crippen molar-refractivity contribution >= 4 is 27.6 Å². The Kier molecular flexibility index (Phi) is 6.56. The minimum atomic E-state index is -3.76. The van der Waals surface area contributed by atoms with Crippen LogP contribution in [0.4, 0.5) is 5.69 Å². The fourth-order valence-electron chi connectivity index (χ4n) is 1.91. The molecule has 0 radical (unpaired) electrons. The summed E-state index contributed by atoms with van der Waals surface area (Å²) in [4.78, 5) is 23.9. The molecule has 0 saturated carbocycles. The zero-order valence-corrected chi connectivity index (χ0v) is 14.5. The Morgan fingerprint density at radius 1 is 1.30 bits per heavy atom. The van der Waals surface area contributed by atoms with Crippen LogP contribution in [-0.2, 0) is 19.6 Å². The third-order valence-electron chi connectivity index (χ3n) is 3.29. The van der Waals surface area contributed by atoms with Gasteiger partial charge in [-0.3, -0.25) is 9.10 Å². The Labute approximate surface area is 136 Å². The van der Waals surface area contributed by atoms with Gasteiger partial charge in [-0.05, 0) is 25.5 Å². The van der Waals surface area contributed by atoms with Gasteiger partial charge >= 0.3 is 5.97 Å². The number of methoxy groups -OCH3 is 1. The predicted molar refractivity (Wildman–Crippen MR) is 87.9 cm³/mol. The van der Waals surface area contributed by atoms with Crippen molar-refractivity contribution in [2.45, 2.75) is 26.3 Å². The number of carbonyl (C=O) groups is 2. The summed E-state index contributed by atoms with van der Waals surface area (Å²) in [5.74, 6) is -1.11. The van der Waals surface area contributed by atoms with Crippen LogP contribution in [0.2, 0.25) is 0 Å². The van der Waals surface area contributed by atoms with Crippen molar-refractivity contribution in [1.82, 2.24) is 5.32 Å². The predicted octanol–water partition coefficient (Wildman–Crippen LogP) is 1.15. The molecule has 1 atom stereocenters. The van der Waals surface area contributed by atoms with Gasteiger partial charge in [-0.15, -0.1) is 0 Å². The van der Waals surface area contributed by atoms with Gasteiger partial charge in [-0.1, -0.05) is 19.1 Å². The lowest BCUT2D eigenvalue weighted by atomic mass is 10.2. The molecule has 0 bridgehead atoms. The van der Waals surface area contributed by atoms with Crippen molar-refractivity contribution < 1.29 is 22.7 Å². The maximum atomic E-state index is 12.1. The monoisotopic (exact) mass is 342 g/mol. The van der Waals surface area contributed by atoms with Crippen LogP contribution in [0.5, 0.6) is 0 Å². The average molecular weight is 342 g/mol. The fraction of sp³-hybridized carbons (Fsp3) is 0.467. The Hall–Kier alpha value is -2.09. The molecule has 0 aliphatic heterocycles. The molecule has 0 fully saturated rings. The molecular formula is C15H22N2O5S. The smallest absolute Gasteiger partial charge is 0.340 e. The summed E-state index contributed by atoms with van der Waals surface area (Å²) in [6, 6.07) is 6.03. The topological polar surface area (TPSA) is 92.8 Å². The zero-order chi connectivity index (χ0) is 17.6. The van der Waals surface area contributed by atoms with Gasteiger partial charge in [0.15, 0.2) is 0 Å². The Balaban J connectivity index is 3.20. The highest BCUT2D eigenvalue weighted by Crippen LogP contribution is 2.23. The van der Waals surface area contributed by atoms with Gasteiger partial charge in [0, 0.05) is 6.04 Å².